The summed E-state index contributed by atoms with van der Waals surface area (Å²) < 4.78 is 0. The maximum atomic E-state index is 11.3. The molecule has 96 valence electrons. The quantitative estimate of drug-likeness (QED) is 0.859. The first kappa shape index (κ1) is 11.8. The smallest absolute Gasteiger partial charge is 0.228 e. The highest BCUT2D eigenvalue weighted by Gasteiger charge is 2.23. The minimum atomic E-state index is 0.0406. The van der Waals surface area contributed by atoms with Gasteiger partial charge in [0.05, 0.1) is 17.1 Å². The molecule has 1 aromatic rings. The number of carbonyl (C=O) groups excluding carboxylic acids is 1. The molecule has 5 heteroatoms. The van der Waals surface area contributed by atoms with Gasteiger partial charge in [0, 0.05) is 18.3 Å². The lowest BCUT2D eigenvalue weighted by molar-refractivity contribution is -0.115. The molecule has 3 rings (SSSR count). The fourth-order valence-electron chi connectivity index (χ4n) is 2.63. The molecule has 1 aromatic carbocycles. The predicted molar refractivity (Wildman–Crippen MR) is 73.3 cm³/mol. The molecule has 1 atom stereocenters. The molecule has 0 spiro atoms. The van der Waals surface area contributed by atoms with Gasteiger partial charge in [-0.2, -0.15) is 0 Å². The molecule has 2 heterocycles. The van der Waals surface area contributed by atoms with E-state index in [1.54, 1.807) is 0 Å². The van der Waals surface area contributed by atoms with Crippen molar-refractivity contribution in [2.24, 2.45) is 0 Å². The van der Waals surface area contributed by atoms with Crippen LogP contribution in [0.1, 0.15) is 12.0 Å². The first-order valence-electron chi connectivity index (χ1n) is 6.19. The third-order valence-electron chi connectivity index (χ3n) is 3.57. The number of nitrogens with one attached hydrogen (secondary N) is 2. The molecule has 2 N–H and O–H groups in total. The van der Waals surface area contributed by atoms with Crippen LogP contribution in [0.15, 0.2) is 12.1 Å². The van der Waals surface area contributed by atoms with Gasteiger partial charge >= 0.3 is 0 Å². The summed E-state index contributed by atoms with van der Waals surface area (Å²) in [6.07, 6.45) is 1.58. The molecule has 0 bridgehead atoms. The van der Waals surface area contributed by atoms with E-state index in [0.717, 1.165) is 36.4 Å². The number of hydrogen-bond donors (Lipinski definition) is 2. The predicted octanol–water partition coefficient (Wildman–Crippen LogP) is 1.95. The average Bonchev–Trinajstić information content (AvgIpc) is 2.85. The highest BCUT2D eigenvalue weighted by Crippen LogP contribution is 2.33. The van der Waals surface area contributed by atoms with E-state index < -0.39 is 0 Å². The Hall–Kier alpha value is -1.26. The molecule has 0 aromatic heterocycles. The van der Waals surface area contributed by atoms with Crippen LogP contribution in [0.3, 0.4) is 0 Å². The van der Waals surface area contributed by atoms with Crippen LogP contribution in [0.25, 0.3) is 0 Å². The SMILES string of the molecule is CN1CCC(Nc2cc3c(cc2Cl)NC(=O)C3)C1. The van der Waals surface area contributed by atoms with Crippen molar-refractivity contribution in [2.45, 2.75) is 18.9 Å². The van der Waals surface area contributed by atoms with E-state index in [4.69, 9.17) is 11.6 Å². The van der Waals surface area contributed by atoms with Gasteiger partial charge in [0.15, 0.2) is 0 Å². The van der Waals surface area contributed by atoms with Crippen molar-refractivity contribution in [3.63, 3.8) is 0 Å². The summed E-state index contributed by atoms with van der Waals surface area (Å²) in [6.45, 7) is 2.14. The molecule has 2 aliphatic rings. The summed E-state index contributed by atoms with van der Waals surface area (Å²) in [5.74, 6) is 0.0406. The van der Waals surface area contributed by atoms with Gasteiger partial charge in [0.1, 0.15) is 0 Å². The summed E-state index contributed by atoms with van der Waals surface area (Å²) in [7, 11) is 2.12. The van der Waals surface area contributed by atoms with E-state index in [9.17, 15) is 4.79 Å². The Labute approximate surface area is 111 Å². The number of nitrogens with zero attached hydrogens (tertiary/aromatic N) is 1. The van der Waals surface area contributed by atoms with Gasteiger partial charge < -0.3 is 15.5 Å². The van der Waals surface area contributed by atoms with Crippen LogP contribution < -0.4 is 10.6 Å². The fraction of sp³-hybridized carbons (Fsp3) is 0.462. The maximum absolute atomic E-state index is 11.3. The number of rotatable bonds is 2. The first-order valence-corrected chi connectivity index (χ1v) is 6.57. The molecule has 1 fully saturated rings. The highest BCUT2D eigenvalue weighted by molar-refractivity contribution is 6.33. The second-order valence-electron chi connectivity index (χ2n) is 5.11. The molecule has 4 nitrogen and oxygen atoms in total. The molecule has 0 aliphatic carbocycles. The third-order valence-corrected chi connectivity index (χ3v) is 3.88. The second-order valence-corrected chi connectivity index (χ2v) is 5.51. The minimum Gasteiger partial charge on any atom is -0.380 e. The van der Waals surface area contributed by atoms with Crippen LogP contribution in [-0.4, -0.2) is 37.0 Å². The highest BCUT2D eigenvalue weighted by atomic mass is 35.5. The molecule has 2 aliphatic heterocycles. The maximum Gasteiger partial charge on any atom is 0.228 e. The molecule has 0 saturated carbocycles. The lowest BCUT2D eigenvalue weighted by atomic mass is 10.1. The van der Waals surface area contributed by atoms with Crippen LogP contribution in [0, 0.1) is 0 Å². The lowest BCUT2D eigenvalue weighted by Gasteiger charge is -2.16. The summed E-state index contributed by atoms with van der Waals surface area (Å²) in [5, 5.41) is 6.95. The summed E-state index contributed by atoms with van der Waals surface area (Å²) in [4.78, 5) is 13.6. The van der Waals surface area contributed by atoms with E-state index in [-0.39, 0.29) is 5.91 Å². The number of fused-ring (bicyclic) bond motifs is 1. The van der Waals surface area contributed by atoms with Crippen molar-refractivity contribution >= 4 is 28.9 Å². The molecule has 1 unspecified atom stereocenters. The Morgan fingerprint density at radius 2 is 2.33 bits per heavy atom. The first-order chi connectivity index (χ1) is 8.61. The largest absolute Gasteiger partial charge is 0.380 e. The van der Waals surface area contributed by atoms with Gasteiger partial charge in [-0.15, -0.1) is 0 Å². The van der Waals surface area contributed by atoms with Crippen LogP contribution in [0.2, 0.25) is 5.02 Å². The van der Waals surface area contributed by atoms with Crippen molar-refractivity contribution < 1.29 is 4.79 Å². The number of amides is 1. The molecular weight excluding hydrogens is 250 g/mol. The van der Waals surface area contributed by atoms with E-state index in [2.05, 4.69) is 22.6 Å². The standard InChI is InChI=1S/C13H16ClN3O/c1-17-3-2-9(7-17)15-12-4-8-5-13(18)16-11(8)6-10(12)14/h4,6,9,15H,2-3,5,7H2,1H3,(H,16,18). The van der Waals surface area contributed by atoms with E-state index in [1.165, 1.54) is 0 Å². The van der Waals surface area contributed by atoms with E-state index in [1.807, 2.05) is 12.1 Å². The van der Waals surface area contributed by atoms with Crippen molar-refractivity contribution in [1.29, 1.82) is 0 Å². The Kier molecular flexibility index (Phi) is 2.92. The Morgan fingerprint density at radius 3 is 3.06 bits per heavy atom. The van der Waals surface area contributed by atoms with Crippen molar-refractivity contribution in [3.05, 3.63) is 22.7 Å². The Morgan fingerprint density at radius 1 is 1.50 bits per heavy atom. The summed E-state index contributed by atoms with van der Waals surface area (Å²) in [5.41, 5.74) is 2.81. The number of anilines is 2. The second kappa shape index (κ2) is 4.44. The van der Waals surface area contributed by atoms with Gasteiger partial charge in [0.25, 0.3) is 0 Å². The number of carbonyl (C=O) groups is 1. The number of likely N-dealkylation sites (N-methyl/N-ethyl adjacent to an activating group) is 1. The van der Waals surface area contributed by atoms with Gasteiger partial charge in [-0.25, -0.2) is 0 Å². The van der Waals surface area contributed by atoms with E-state index >= 15 is 0 Å². The van der Waals surface area contributed by atoms with Crippen LogP contribution in [0.5, 0.6) is 0 Å². The number of halogens is 1. The fourth-order valence-corrected chi connectivity index (χ4v) is 2.85. The van der Waals surface area contributed by atoms with Gasteiger partial charge in [-0.3, -0.25) is 4.79 Å². The van der Waals surface area contributed by atoms with Crippen molar-refractivity contribution in [1.82, 2.24) is 4.90 Å². The van der Waals surface area contributed by atoms with Gasteiger partial charge in [0.2, 0.25) is 5.91 Å². The van der Waals surface area contributed by atoms with Crippen LogP contribution in [0.4, 0.5) is 11.4 Å². The van der Waals surface area contributed by atoms with Gasteiger partial charge in [-0.05, 0) is 37.7 Å². The Balaban J connectivity index is 1.81. The number of hydrogen-bond acceptors (Lipinski definition) is 3. The molecule has 0 radical (unpaired) electrons. The minimum absolute atomic E-state index is 0.0406. The topological polar surface area (TPSA) is 44.4 Å². The molecule has 18 heavy (non-hydrogen) atoms. The van der Waals surface area contributed by atoms with E-state index in [0.29, 0.717) is 17.5 Å². The zero-order valence-electron chi connectivity index (χ0n) is 10.3. The molecule has 1 amide bonds. The zero-order valence-corrected chi connectivity index (χ0v) is 11.0. The van der Waals surface area contributed by atoms with Crippen molar-refractivity contribution in [2.75, 3.05) is 30.8 Å². The number of likely N-dealkylation sites (tertiary alicyclic amines) is 1. The zero-order chi connectivity index (χ0) is 12.7. The molecular formula is C13H16ClN3O. The lowest BCUT2D eigenvalue weighted by Crippen LogP contribution is -2.23. The number of benzene rings is 1. The van der Waals surface area contributed by atoms with Crippen LogP contribution in [-0.2, 0) is 11.2 Å². The normalized spacial score (nSPS) is 23.0. The summed E-state index contributed by atoms with van der Waals surface area (Å²) in [6, 6.07) is 4.27. The van der Waals surface area contributed by atoms with Crippen LogP contribution >= 0.6 is 11.6 Å². The Bertz CT molecular complexity index is 503. The summed E-state index contributed by atoms with van der Waals surface area (Å²) >= 11 is 6.24. The molecule has 1 saturated heterocycles. The van der Waals surface area contributed by atoms with Gasteiger partial charge in [-0.1, -0.05) is 11.6 Å². The monoisotopic (exact) mass is 265 g/mol. The van der Waals surface area contributed by atoms with Crippen molar-refractivity contribution in [3.8, 4) is 0 Å². The average molecular weight is 266 g/mol. The third kappa shape index (κ3) is 2.18.